The Labute approximate surface area is 130 Å². The minimum atomic E-state index is -0.706. The molecule has 0 aromatic heterocycles. The summed E-state index contributed by atoms with van der Waals surface area (Å²) >= 11 is 0. The van der Waals surface area contributed by atoms with Crippen molar-refractivity contribution in [1.82, 2.24) is 10.9 Å². The van der Waals surface area contributed by atoms with Crippen LogP contribution in [0.5, 0.6) is 0 Å². The Morgan fingerprint density at radius 1 is 1.14 bits per heavy atom. The van der Waals surface area contributed by atoms with Gasteiger partial charge in [-0.25, -0.2) is 15.6 Å². The Bertz CT molecular complexity index is 633. The van der Waals surface area contributed by atoms with Crippen molar-refractivity contribution in [3.63, 3.8) is 0 Å². The van der Waals surface area contributed by atoms with E-state index < -0.39 is 11.3 Å². The zero-order valence-electron chi connectivity index (χ0n) is 12.8. The van der Waals surface area contributed by atoms with Gasteiger partial charge in [-0.05, 0) is 43.1 Å². The lowest BCUT2D eigenvalue weighted by molar-refractivity contribution is -0.251. The summed E-state index contributed by atoms with van der Waals surface area (Å²) in [7, 11) is 0. The number of nitrogens with one attached hydrogen (secondary N) is 2. The molecule has 22 heavy (non-hydrogen) atoms. The number of benzene rings is 1. The fourth-order valence-corrected chi connectivity index (χ4v) is 5.96. The van der Waals surface area contributed by atoms with E-state index in [1.54, 1.807) is 0 Å². The van der Waals surface area contributed by atoms with E-state index in [4.69, 9.17) is 4.74 Å². The molecular weight excluding hydrogens is 276 g/mol. The molecule has 2 saturated carbocycles. The van der Waals surface area contributed by atoms with E-state index in [2.05, 4.69) is 29.9 Å². The van der Waals surface area contributed by atoms with Crippen molar-refractivity contribution in [2.45, 2.75) is 43.9 Å². The molecule has 4 heteroatoms. The summed E-state index contributed by atoms with van der Waals surface area (Å²) in [4.78, 5) is 13.0. The fraction of sp³-hybridized carbons (Fsp3) is 0.611. The largest absolute Gasteiger partial charge is 0.441 e. The van der Waals surface area contributed by atoms with Gasteiger partial charge in [-0.2, -0.15) is 0 Å². The van der Waals surface area contributed by atoms with Crippen molar-refractivity contribution in [3.05, 3.63) is 35.9 Å². The van der Waals surface area contributed by atoms with E-state index in [-0.39, 0.29) is 5.97 Å². The van der Waals surface area contributed by atoms with Crippen LogP contribution in [-0.4, -0.2) is 11.7 Å². The smallest absolute Gasteiger partial charge is 0.334 e. The number of carbonyl (C=O) groups excluding carboxylic acids is 1. The molecule has 4 bridgehead atoms. The predicted molar refractivity (Wildman–Crippen MR) is 81.3 cm³/mol. The van der Waals surface area contributed by atoms with Crippen molar-refractivity contribution in [2.75, 3.05) is 0 Å². The second kappa shape index (κ2) is 4.12. The molecule has 2 N–H and O–H groups in total. The molecule has 5 fully saturated rings. The summed E-state index contributed by atoms with van der Waals surface area (Å²) < 4.78 is 6.03. The van der Waals surface area contributed by atoms with E-state index >= 15 is 0 Å². The number of carbonyl (C=O) groups is 1. The Balaban J connectivity index is 1.71. The minimum Gasteiger partial charge on any atom is -0.441 e. The normalized spacial score (nSPS) is 48.3. The molecule has 3 saturated heterocycles. The van der Waals surface area contributed by atoms with Crippen LogP contribution in [0.2, 0.25) is 0 Å². The Morgan fingerprint density at radius 3 is 2.55 bits per heavy atom. The first-order valence-electron chi connectivity index (χ1n) is 8.54. The SMILES string of the molecule is CC[C@@]12NN[C@@](c3ccccc3)(C(=O)O1)[C@@H]1[C@H]3CC[C@@H](C3)[C@H]12. The van der Waals surface area contributed by atoms with Gasteiger partial charge >= 0.3 is 5.97 Å². The first kappa shape index (κ1) is 13.1. The van der Waals surface area contributed by atoms with Crippen LogP contribution in [-0.2, 0) is 15.1 Å². The molecule has 2 aliphatic carbocycles. The van der Waals surface area contributed by atoms with E-state index in [1.165, 1.54) is 19.3 Å². The monoisotopic (exact) mass is 298 g/mol. The van der Waals surface area contributed by atoms with E-state index in [9.17, 15) is 4.79 Å². The highest BCUT2D eigenvalue weighted by Gasteiger charge is 2.73. The third-order valence-corrected chi connectivity index (χ3v) is 6.78. The second-order valence-electron chi connectivity index (χ2n) is 7.44. The number of hydrogen-bond donors (Lipinski definition) is 2. The van der Waals surface area contributed by atoms with Gasteiger partial charge in [0.05, 0.1) is 0 Å². The van der Waals surface area contributed by atoms with E-state index in [0.29, 0.717) is 23.7 Å². The standard InChI is InChI=1S/C18H22N2O2/c1-2-17-14-11-8-9-12(10-11)15(14)18(20-19-17,16(21)22-17)13-6-4-3-5-7-13/h3-7,11-12,14-15,19-20H,2,8-10H2,1H3/t11-,12-,14+,15+,17+,18+/m0/s1. The number of rotatable bonds is 2. The van der Waals surface area contributed by atoms with Crippen molar-refractivity contribution < 1.29 is 9.53 Å². The molecule has 0 unspecified atom stereocenters. The van der Waals surface area contributed by atoms with Crippen molar-refractivity contribution >= 4 is 5.97 Å². The molecule has 116 valence electrons. The maximum Gasteiger partial charge on any atom is 0.334 e. The Morgan fingerprint density at radius 2 is 1.86 bits per heavy atom. The van der Waals surface area contributed by atoms with Crippen LogP contribution < -0.4 is 10.9 Å². The summed E-state index contributed by atoms with van der Waals surface area (Å²) in [6.45, 7) is 2.12. The third kappa shape index (κ3) is 1.30. The number of hydrogen-bond acceptors (Lipinski definition) is 4. The van der Waals surface area contributed by atoms with Gasteiger partial charge in [0, 0.05) is 11.8 Å². The lowest BCUT2D eigenvalue weighted by Gasteiger charge is -2.62. The zero-order valence-corrected chi connectivity index (χ0v) is 12.8. The van der Waals surface area contributed by atoms with Crippen LogP contribution in [0.3, 0.4) is 0 Å². The molecule has 6 atom stereocenters. The second-order valence-corrected chi connectivity index (χ2v) is 7.44. The molecule has 3 heterocycles. The number of fused-ring (bicyclic) bond motifs is 4. The van der Waals surface area contributed by atoms with E-state index in [0.717, 1.165) is 12.0 Å². The average molecular weight is 298 g/mol. The Hall–Kier alpha value is -1.39. The molecule has 0 spiro atoms. The first-order valence-corrected chi connectivity index (χ1v) is 8.54. The van der Waals surface area contributed by atoms with Gasteiger partial charge in [-0.3, -0.25) is 0 Å². The van der Waals surface area contributed by atoms with Gasteiger partial charge < -0.3 is 4.74 Å². The topological polar surface area (TPSA) is 50.4 Å². The number of ether oxygens (including phenoxy) is 1. The molecule has 0 amide bonds. The third-order valence-electron chi connectivity index (χ3n) is 6.78. The van der Waals surface area contributed by atoms with Crippen molar-refractivity contribution in [1.29, 1.82) is 0 Å². The molecule has 1 aromatic rings. The van der Waals surface area contributed by atoms with Gasteiger partial charge in [0.2, 0.25) is 0 Å². The zero-order chi connectivity index (χ0) is 14.9. The van der Waals surface area contributed by atoms with Gasteiger partial charge in [0.25, 0.3) is 0 Å². The molecule has 5 aliphatic rings. The number of hydrazine groups is 1. The van der Waals surface area contributed by atoms with Gasteiger partial charge in [0.15, 0.2) is 11.3 Å². The maximum atomic E-state index is 13.0. The van der Waals surface area contributed by atoms with Gasteiger partial charge in [-0.1, -0.05) is 37.3 Å². The van der Waals surface area contributed by atoms with Gasteiger partial charge in [-0.15, -0.1) is 0 Å². The van der Waals surface area contributed by atoms with Gasteiger partial charge in [0.1, 0.15) is 0 Å². The first-order chi connectivity index (χ1) is 10.7. The van der Waals surface area contributed by atoms with Crippen LogP contribution in [0.1, 0.15) is 38.2 Å². The van der Waals surface area contributed by atoms with Crippen molar-refractivity contribution in [3.8, 4) is 0 Å². The van der Waals surface area contributed by atoms with Crippen molar-refractivity contribution in [2.24, 2.45) is 23.7 Å². The van der Waals surface area contributed by atoms with Crippen LogP contribution in [0.15, 0.2) is 30.3 Å². The molecule has 4 nitrogen and oxygen atoms in total. The van der Waals surface area contributed by atoms with Crippen LogP contribution in [0.4, 0.5) is 0 Å². The lowest BCUT2D eigenvalue weighted by Crippen LogP contribution is -2.82. The summed E-state index contributed by atoms with van der Waals surface area (Å²) in [6, 6.07) is 10.1. The maximum absolute atomic E-state index is 13.0. The Kier molecular flexibility index (Phi) is 2.45. The highest BCUT2D eigenvalue weighted by Crippen LogP contribution is 2.65. The highest BCUT2D eigenvalue weighted by molar-refractivity contribution is 5.85. The predicted octanol–water partition coefficient (Wildman–Crippen LogP) is 2.32. The number of esters is 1. The van der Waals surface area contributed by atoms with Crippen LogP contribution in [0.25, 0.3) is 0 Å². The van der Waals surface area contributed by atoms with Crippen LogP contribution in [0, 0.1) is 23.7 Å². The molecule has 3 aliphatic heterocycles. The lowest BCUT2D eigenvalue weighted by atomic mass is 9.59. The fourth-order valence-electron chi connectivity index (χ4n) is 5.96. The molecule has 0 radical (unpaired) electrons. The van der Waals surface area contributed by atoms with Crippen LogP contribution >= 0.6 is 0 Å². The summed E-state index contributed by atoms with van der Waals surface area (Å²) in [5.74, 6) is 2.05. The highest BCUT2D eigenvalue weighted by atomic mass is 16.6. The molecule has 6 rings (SSSR count). The molecular formula is C18H22N2O2. The summed E-state index contributed by atoms with van der Waals surface area (Å²) in [6.07, 6.45) is 4.62. The summed E-state index contributed by atoms with van der Waals surface area (Å²) in [5.41, 5.74) is 6.67. The molecule has 1 aromatic carbocycles. The quantitative estimate of drug-likeness (QED) is 0.823. The summed E-state index contributed by atoms with van der Waals surface area (Å²) in [5, 5.41) is 0. The van der Waals surface area contributed by atoms with E-state index in [1.807, 2.05) is 18.2 Å². The minimum absolute atomic E-state index is 0.0897. The average Bonchev–Trinajstić information content (AvgIpc) is 3.19.